The standard InChI is InChI=1S/C53H104NO7P/c1-6-8-10-12-14-16-18-20-22-23-24-25-26-27-28-29-30-31-32-33-35-37-39-41-43-45-48-58-50-52(51-60-62(56,57)59-49-47-54(3,4)5)61-53(55)46-44-42-40-38-36-34-21-19-17-15-13-11-9-7-2/h18,20,23-24,52H,6-17,19,21-22,25-51H2,1-5H3/b20-18-,24-23-. The molecule has 0 heterocycles. The zero-order valence-corrected chi connectivity index (χ0v) is 42.7. The number of likely N-dealkylation sites (N-methyl/N-ethyl adjacent to an activating group) is 1. The zero-order chi connectivity index (χ0) is 45.5. The van der Waals surface area contributed by atoms with Crippen molar-refractivity contribution in [3.05, 3.63) is 24.3 Å². The quantitative estimate of drug-likeness (QED) is 0.0197. The molecule has 0 amide bonds. The molecule has 8 nitrogen and oxygen atoms in total. The lowest BCUT2D eigenvalue weighted by Crippen LogP contribution is -2.37. The van der Waals surface area contributed by atoms with Crippen molar-refractivity contribution in [3.8, 4) is 0 Å². The Kier molecular flexibility index (Phi) is 45.7. The highest BCUT2D eigenvalue weighted by Gasteiger charge is 2.20. The second-order valence-corrected chi connectivity index (χ2v) is 20.7. The molecular weight excluding hydrogens is 794 g/mol. The molecule has 0 radical (unpaired) electrons. The van der Waals surface area contributed by atoms with Crippen LogP contribution in [0.3, 0.4) is 0 Å². The van der Waals surface area contributed by atoms with Crippen LogP contribution in [0.1, 0.15) is 251 Å². The molecule has 0 N–H and O–H groups in total. The number of nitrogens with zero attached hydrogens (tertiary/aromatic N) is 1. The summed E-state index contributed by atoms with van der Waals surface area (Å²) in [5.74, 6) is -0.329. The van der Waals surface area contributed by atoms with E-state index in [1.54, 1.807) is 0 Å². The Labute approximate surface area is 385 Å². The Bertz CT molecular complexity index is 1050. The van der Waals surface area contributed by atoms with Crippen molar-refractivity contribution in [2.24, 2.45) is 0 Å². The first kappa shape index (κ1) is 61.0. The molecule has 0 aromatic rings. The largest absolute Gasteiger partial charge is 0.756 e. The van der Waals surface area contributed by atoms with Gasteiger partial charge in [-0.05, 0) is 44.9 Å². The number of phosphoric acid groups is 1. The zero-order valence-electron chi connectivity index (χ0n) is 41.8. The lowest BCUT2D eigenvalue weighted by molar-refractivity contribution is -0.870. The Morgan fingerprint density at radius 2 is 0.887 bits per heavy atom. The Balaban J connectivity index is 4.02. The van der Waals surface area contributed by atoms with Gasteiger partial charge in [-0.15, -0.1) is 0 Å². The maximum absolute atomic E-state index is 12.7. The number of phosphoric ester groups is 1. The van der Waals surface area contributed by atoms with Crippen LogP contribution >= 0.6 is 7.82 Å². The van der Waals surface area contributed by atoms with E-state index in [1.807, 2.05) is 21.1 Å². The summed E-state index contributed by atoms with van der Waals surface area (Å²) in [6.07, 6.45) is 54.9. The summed E-state index contributed by atoms with van der Waals surface area (Å²) >= 11 is 0. The maximum atomic E-state index is 12.7. The van der Waals surface area contributed by atoms with Crippen molar-refractivity contribution in [1.82, 2.24) is 0 Å². The van der Waals surface area contributed by atoms with Crippen LogP contribution in [-0.4, -0.2) is 70.7 Å². The highest BCUT2D eigenvalue weighted by Crippen LogP contribution is 2.38. The summed E-state index contributed by atoms with van der Waals surface area (Å²) in [6, 6.07) is 0. The number of allylic oxidation sites excluding steroid dienone is 4. The number of ether oxygens (including phenoxy) is 2. The topological polar surface area (TPSA) is 94.1 Å². The molecule has 0 aromatic carbocycles. The summed E-state index contributed by atoms with van der Waals surface area (Å²) in [6.45, 7) is 5.45. The summed E-state index contributed by atoms with van der Waals surface area (Å²) in [5, 5.41) is 0. The van der Waals surface area contributed by atoms with Gasteiger partial charge in [0.25, 0.3) is 7.82 Å². The van der Waals surface area contributed by atoms with Gasteiger partial charge in [0.15, 0.2) is 0 Å². The summed E-state index contributed by atoms with van der Waals surface area (Å²) < 4.78 is 34.8. The van der Waals surface area contributed by atoms with E-state index >= 15 is 0 Å². The number of carbonyl (C=O) groups excluding carboxylic acids is 1. The van der Waals surface area contributed by atoms with Gasteiger partial charge in [-0.25, -0.2) is 0 Å². The molecule has 0 saturated carbocycles. The third-order valence-electron chi connectivity index (χ3n) is 11.8. The molecule has 0 rings (SSSR count). The van der Waals surface area contributed by atoms with Gasteiger partial charge in [-0.2, -0.15) is 0 Å². The number of carbonyl (C=O) groups is 1. The smallest absolute Gasteiger partial charge is 0.306 e. The first-order chi connectivity index (χ1) is 30.1. The van der Waals surface area contributed by atoms with E-state index in [-0.39, 0.29) is 25.8 Å². The van der Waals surface area contributed by atoms with Crippen LogP contribution < -0.4 is 4.89 Å². The lowest BCUT2D eigenvalue weighted by atomic mass is 10.0. The molecule has 0 aliphatic heterocycles. The molecule has 0 bridgehead atoms. The van der Waals surface area contributed by atoms with E-state index in [9.17, 15) is 14.3 Å². The normalized spacial score (nSPS) is 13.7. The van der Waals surface area contributed by atoms with Gasteiger partial charge in [0, 0.05) is 13.0 Å². The number of hydrogen-bond donors (Lipinski definition) is 0. The van der Waals surface area contributed by atoms with Crippen molar-refractivity contribution in [2.45, 2.75) is 258 Å². The molecule has 0 aliphatic rings. The summed E-state index contributed by atoms with van der Waals surface area (Å²) in [5.41, 5.74) is 0. The molecule has 2 atom stereocenters. The van der Waals surface area contributed by atoms with Crippen LogP contribution in [0.25, 0.3) is 0 Å². The fraction of sp³-hybridized carbons (Fsp3) is 0.906. The Morgan fingerprint density at radius 1 is 0.500 bits per heavy atom. The minimum absolute atomic E-state index is 0.0289. The van der Waals surface area contributed by atoms with Crippen molar-refractivity contribution in [1.29, 1.82) is 0 Å². The average molecular weight is 898 g/mol. The van der Waals surface area contributed by atoms with E-state index in [2.05, 4.69) is 38.2 Å². The van der Waals surface area contributed by atoms with Gasteiger partial charge in [0.1, 0.15) is 19.3 Å². The Morgan fingerprint density at radius 3 is 1.31 bits per heavy atom. The van der Waals surface area contributed by atoms with Gasteiger partial charge >= 0.3 is 5.97 Å². The van der Waals surface area contributed by atoms with E-state index in [0.29, 0.717) is 24.1 Å². The minimum Gasteiger partial charge on any atom is -0.756 e. The Hall–Kier alpha value is -1.02. The molecule has 368 valence electrons. The van der Waals surface area contributed by atoms with Crippen LogP contribution in [-0.2, 0) is 27.9 Å². The van der Waals surface area contributed by atoms with E-state index in [4.69, 9.17) is 18.5 Å². The van der Waals surface area contributed by atoms with Gasteiger partial charge in [-0.1, -0.05) is 224 Å². The second-order valence-electron chi connectivity index (χ2n) is 19.2. The van der Waals surface area contributed by atoms with Crippen molar-refractivity contribution in [3.63, 3.8) is 0 Å². The molecule has 0 saturated heterocycles. The number of esters is 1. The maximum Gasteiger partial charge on any atom is 0.306 e. The number of unbranched alkanes of at least 4 members (excludes halogenated alkanes) is 32. The van der Waals surface area contributed by atoms with E-state index in [1.165, 1.54) is 193 Å². The summed E-state index contributed by atoms with van der Waals surface area (Å²) in [4.78, 5) is 25.1. The fourth-order valence-electron chi connectivity index (χ4n) is 7.64. The van der Waals surface area contributed by atoms with Crippen LogP contribution in [0.2, 0.25) is 0 Å². The SMILES string of the molecule is CCCCCCC/C=C\C/C=C\CCCCCCCCCCCCCCCCOCC(COP(=O)([O-])OCC[N+](C)(C)C)OC(=O)CCCCCCCCCCCCCCCC. The highest BCUT2D eigenvalue weighted by molar-refractivity contribution is 7.45. The molecule has 62 heavy (non-hydrogen) atoms. The number of rotatable bonds is 50. The van der Waals surface area contributed by atoms with Crippen molar-refractivity contribution < 1.29 is 37.3 Å². The molecule has 0 spiro atoms. The van der Waals surface area contributed by atoms with Crippen LogP contribution in [0.5, 0.6) is 0 Å². The molecule has 2 unspecified atom stereocenters. The van der Waals surface area contributed by atoms with E-state index < -0.39 is 13.9 Å². The molecular formula is C53H104NO7P. The van der Waals surface area contributed by atoms with Crippen molar-refractivity contribution >= 4 is 13.8 Å². The van der Waals surface area contributed by atoms with Gasteiger partial charge in [0.2, 0.25) is 0 Å². The third-order valence-corrected chi connectivity index (χ3v) is 12.7. The molecule has 0 fully saturated rings. The molecule has 9 heteroatoms. The number of quaternary nitrogens is 1. The van der Waals surface area contributed by atoms with Gasteiger partial charge in [0.05, 0.1) is 34.4 Å². The third kappa shape index (κ3) is 50.0. The minimum atomic E-state index is -4.52. The molecule has 0 aromatic heterocycles. The monoisotopic (exact) mass is 898 g/mol. The predicted octanol–water partition coefficient (Wildman–Crippen LogP) is 15.7. The number of hydrogen-bond acceptors (Lipinski definition) is 7. The van der Waals surface area contributed by atoms with Crippen LogP contribution in [0.4, 0.5) is 0 Å². The van der Waals surface area contributed by atoms with E-state index in [0.717, 1.165) is 38.5 Å². The first-order valence-corrected chi connectivity index (χ1v) is 28.0. The average Bonchev–Trinajstić information content (AvgIpc) is 3.23. The molecule has 0 aliphatic carbocycles. The van der Waals surface area contributed by atoms with Crippen molar-refractivity contribution in [2.75, 3.05) is 54.1 Å². The predicted molar refractivity (Wildman–Crippen MR) is 264 cm³/mol. The fourth-order valence-corrected chi connectivity index (χ4v) is 8.37. The lowest BCUT2D eigenvalue weighted by Gasteiger charge is -2.28. The summed E-state index contributed by atoms with van der Waals surface area (Å²) in [7, 11) is 1.37. The van der Waals surface area contributed by atoms with Crippen LogP contribution in [0.15, 0.2) is 24.3 Å². The van der Waals surface area contributed by atoms with Gasteiger partial charge < -0.3 is 27.9 Å². The highest BCUT2D eigenvalue weighted by atomic mass is 31.2. The first-order valence-electron chi connectivity index (χ1n) is 26.6. The van der Waals surface area contributed by atoms with Gasteiger partial charge in [-0.3, -0.25) is 9.36 Å². The second kappa shape index (κ2) is 46.5. The van der Waals surface area contributed by atoms with Crippen LogP contribution in [0, 0.1) is 0 Å².